The molecule has 1 aliphatic rings. The van der Waals surface area contributed by atoms with Crippen LogP contribution in [0.4, 0.5) is 15.8 Å². The van der Waals surface area contributed by atoms with E-state index in [2.05, 4.69) is 15.4 Å². The number of carbonyl (C=O) groups excluding carboxylic acids is 1. The van der Waals surface area contributed by atoms with Crippen LogP contribution in [0.3, 0.4) is 0 Å². The van der Waals surface area contributed by atoms with Gasteiger partial charge in [-0.3, -0.25) is 14.5 Å². The number of rotatable bonds is 5. The topological polar surface area (TPSA) is 105 Å². The van der Waals surface area contributed by atoms with Crippen LogP contribution in [0.15, 0.2) is 64.6 Å². The maximum absolute atomic E-state index is 13.4. The van der Waals surface area contributed by atoms with E-state index >= 15 is 0 Å². The third kappa shape index (κ3) is 4.36. The van der Waals surface area contributed by atoms with E-state index in [-0.39, 0.29) is 17.2 Å². The zero-order valence-electron chi connectivity index (χ0n) is 16.9. The van der Waals surface area contributed by atoms with Crippen molar-refractivity contribution in [3.63, 3.8) is 0 Å². The molecule has 4 rings (SSSR count). The fourth-order valence-corrected chi connectivity index (χ4v) is 3.49. The van der Waals surface area contributed by atoms with E-state index in [4.69, 9.17) is 5.53 Å². The number of amides is 1. The molecule has 0 bridgehead atoms. The van der Waals surface area contributed by atoms with Crippen molar-refractivity contribution in [3.05, 3.63) is 76.5 Å². The predicted octanol–water partition coefficient (Wildman–Crippen LogP) is 3.39. The number of H-pyrrole nitrogens is 1. The van der Waals surface area contributed by atoms with E-state index in [0.717, 1.165) is 12.2 Å². The van der Waals surface area contributed by atoms with Crippen LogP contribution in [0, 0.1) is 11.3 Å². The summed E-state index contributed by atoms with van der Waals surface area (Å²) < 4.78 is 13.4. The molecule has 0 saturated carbocycles. The minimum absolute atomic E-state index is 0.0556. The molecule has 1 aromatic heterocycles. The average molecular weight is 420 g/mol. The summed E-state index contributed by atoms with van der Waals surface area (Å²) in [6, 6.07) is 13.0. The van der Waals surface area contributed by atoms with Gasteiger partial charge < -0.3 is 15.2 Å². The summed E-state index contributed by atoms with van der Waals surface area (Å²) >= 11 is 0. The highest BCUT2D eigenvalue weighted by molar-refractivity contribution is 5.95. The number of piperazine rings is 1. The lowest BCUT2D eigenvalue weighted by molar-refractivity contribution is -0.120. The molecule has 0 atom stereocenters. The SMILES string of the molecule is CN1CCN(c2ccc(N/C=C(\N=N)c3cc4ccc(F)cc4[nH]c3=O)cc2)C(=O)C1. The van der Waals surface area contributed by atoms with E-state index in [1.165, 1.54) is 18.3 Å². The summed E-state index contributed by atoms with van der Waals surface area (Å²) in [7, 11) is 1.92. The largest absolute Gasteiger partial charge is 0.360 e. The molecule has 3 aromatic rings. The molecule has 158 valence electrons. The van der Waals surface area contributed by atoms with Crippen molar-refractivity contribution in [2.75, 3.05) is 36.9 Å². The van der Waals surface area contributed by atoms with Gasteiger partial charge in [0, 0.05) is 30.7 Å². The van der Waals surface area contributed by atoms with Gasteiger partial charge in [0.2, 0.25) is 5.91 Å². The zero-order valence-corrected chi connectivity index (χ0v) is 16.9. The first kappa shape index (κ1) is 20.4. The second-order valence-corrected chi connectivity index (χ2v) is 7.36. The van der Waals surface area contributed by atoms with Crippen LogP contribution < -0.4 is 15.8 Å². The number of fused-ring (bicyclic) bond motifs is 1. The van der Waals surface area contributed by atoms with Crippen molar-refractivity contribution in [2.45, 2.75) is 0 Å². The molecule has 1 fully saturated rings. The number of hydrogen-bond donors (Lipinski definition) is 3. The Labute approximate surface area is 177 Å². The number of benzene rings is 2. The van der Waals surface area contributed by atoms with Crippen LogP contribution in [-0.2, 0) is 4.79 Å². The van der Waals surface area contributed by atoms with Crippen molar-refractivity contribution in [3.8, 4) is 0 Å². The summed E-state index contributed by atoms with van der Waals surface area (Å²) in [6.45, 7) is 1.85. The first-order valence-corrected chi connectivity index (χ1v) is 9.71. The van der Waals surface area contributed by atoms with Crippen LogP contribution in [0.25, 0.3) is 16.6 Å². The van der Waals surface area contributed by atoms with Gasteiger partial charge in [0.15, 0.2) is 0 Å². The van der Waals surface area contributed by atoms with Gasteiger partial charge in [0.25, 0.3) is 5.56 Å². The Morgan fingerprint density at radius 3 is 2.65 bits per heavy atom. The van der Waals surface area contributed by atoms with E-state index in [1.807, 2.05) is 36.2 Å². The molecule has 0 unspecified atom stereocenters. The zero-order chi connectivity index (χ0) is 22.0. The summed E-state index contributed by atoms with van der Waals surface area (Å²) in [5.41, 5.74) is 9.23. The Balaban J connectivity index is 1.54. The van der Waals surface area contributed by atoms with Crippen LogP contribution in [0.1, 0.15) is 5.56 Å². The summed E-state index contributed by atoms with van der Waals surface area (Å²) in [5, 5.41) is 7.12. The van der Waals surface area contributed by atoms with Crippen LogP contribution >= 0.6 is 0 Å². The highest BCUT2D eigenvalue weighted by atomic mass is 19.1. The molecule has 9 heteroatoms. The van der Waals surface area contributed by atoms with Gasteiger partial charge >= 0.3 is 0 Å². The summed E-state index contributed by atoms with van der Waals surface area (Å²) in [4.78, 5) is 31.0. The van der Waals surface area contributed by atoms with Gasteiger partial charge in [0.1, 0.15) is 11.5 Å². The summed E-state index contributed by atoms with van der Waals surface area (Å²) in [5.74, 6) is -0.389. The molecule has 2 heterocycles. The second-order valence-electron chi connectivity index (χ2n) is 7.36. The fourth-order valence-electron chi connectivity index (χ4n) is 3.49. The van der Waals surface area contributed by atoms with Crippen LogP contribution in [-0.4, -0.2) is 42.5 Å². The van der Waals surface area contributed by atoms with Crippen molar-refractivity contribution < 1.29 is 9.18 Å². The molecule has 31 heavy (non-hydrogen) atoms. The van der Waals surface area contributed by atoms with Gasteiger partial charge in [-0.2, -0.15) is 5.11 Å². The first-order valence-electron chi connectivity index (χ1n) is 9.71. The number of carbonyl (C=O) groups is 1. The molecule has 0 aliphatic carbocycles. The smallest absolute Gasteiger partial charge is 0.258 e. The molecular weight excluding hydrogens is 399 g/mol. The number of aromatic nitrogens is 1. The Morgan fingerprint density at radius 1 is 1.16 bits per heavy atom. The van der Waals surface area contributed by atoms with E-state index in [1.54, 1.807) is 17.0 Å². The lowest BCUT2D eigenvalue weighted by Crippen LogP contribution is -2.48. The molecule has 1 aliphatic heterocycles. The molecule has 2 aromatic carbocycles. The maximum atomic E-state index is 13.4. The van der Waals surface area contributed by atoms with Crippen molar-refractivity contribution in [1.29, 1.82) is 5.53 Å². The third-order valence-electron chi connectivity index (χ3n) is 5.17. The number of anilines is 2. The van der Waals surface area contributed by atoms with Crippen molar-refractivity contribution >= 4 is 33.9 Å². The predicted molar refractivity (Wildman–Crippen MR) is 118 cm³/mol. The quantitative estimate of drug-likeness (QED) is 0.550. The van der Waals surface area contributed by atoms with E-state index in [9.17, 15) is 14.0 Å². The number of nitrogens with zero attached hydrogens (tertiary/aromatic N) is 3. The number of aromatic amines is 1. The minimum Gasteiger partial charge on any atom is -0.360 e. The number of nitrogens with one attached hydrogen (secondary N) is 3. The molecule has 1 amide bonds. The summed E-state index contributed by atoms with van der Waals surface area (Å²) in [6.07, 6.45) is 1.46. The van der Waals surface area contributed by atoms with Crippen molar-refractivity contribution in [2.24, 2.45) is 5.11 Å². The molecule has 0 radical (unpaired) electrons. The maximum Gasteiger partial charge on any atom is 0.258 e. The number of hydrogen-bond acceptors (Lipinski definition) is 6. The number of pyridine rings is 1. The minimum atomic E-state index is -0.467. The van der Waals surface area contributed by atoms with Gasteiger partial charge in [-0.1, -0.05) is 0 Å². The average Bonchev–Trinajstić information content (AvgIpc) is 2.75. The molecule has 8 nitrogen and oxygen atoms in total. The Morgan fingerprint density at radius 2 is 1.94 bits per heavy atom. The fraction of sp³-hybridized carbons (Fsp3) is 0.182. The monoisotopic (exact) mass is 420 g/mol. The highest BCUT2D eigenvalue weighted by Gasteiger charge is 2.22. The van der Waals surface area contributed by atoms with E-state index in [0.29, 0.717) is 29.7 Å². The van der Waals surface area contributed by atoms with Crippen LogP contribution in [0.2, 0.25) is 0 Å². The third-order valence-corrected chi connectivity index (χ3v) is 5.17. The Hall–Kier alpha value is -3.85. The standard InChI is InChI=1S/C22H21FN6O2/c1-28-8-9-29(21(30)13-28)17-6-4-16(5-7-17)25-12-20(27-24)18-10-14-2-3-15(23)11-19(14)26-22(18)31/h2-7,10-12,24-25H,8-9,13H2,1H3,(H,26,31)/b20-12-,27-24?. The van der Waals surface area contributed by atoms with Gasteiger partial charge in [-0.25, -0.2) is 9.92 Å². The molecule has 3 N–H and O–H groups in total. The Kier molecular flexibility index (Phi) is 5.59. The van der Waals surface area contributed by atoms with E-state index < -0.39 is 11.4 Å². The Bertz CT molecular complexity index is 1230. The normalized spacial score (nSPS) is 15.4. The second kappa shape index (κ2) is 8.49. The van der Waals surface area contributed by atoms with Gasteiger partial charge in [0.05, 0.1) is 17.6 Å². The van der Waals surface area contributed by atoms with Crippen molar-refractivity contribution in [1.82, 2.24) is 9.88 Å². The molecule has 1 saturated heterocycles. The van der Waals surface area contributed by atoms with Gasteiger partial charge in [-0.05, 0) is 61.0 Å². The number of halogens is 1. The lowest BCUT2D eigenvalue weighted by atomic mass is 10.1. The first-order chi connectivity index (χ1) is 14.9. The number of likely N-dealkylation sites (N-methyl/N-ethyl adjacent to an activating group) is 1. The lowest BCUT2D eigenvalue weighted by Gasteiger charge is -2.32. The van der Waals surface area contributed by atoms with Crippen LogP contribution in [0.5, 0.6) is 0 Å². The highest BCUT2D eigenvalue weighted by Crippen LogP contribution is 2.22. The molecular formula is C22H21FN6O2. The molecule has 0 spiro atoms. The van der Waals surface area contributed by atoms with Gasteiger partial charge in [-0.15, -0.1) is 0 Å².